The molecule has 2 aromatic heterocycles. The second kappa shape index (κ2) is 7.64. The standard InChI is InChI=1S/C13H14F2N4O2S/c1-19(5-9-7-22-8-16-9)13(20)18-11-3-2-4-12(17-11)21-6-10(14)15/h2-4,7-8,10H,5-6H2,1H3,(H,17,18,20). The Morgan fingerprint density at radius 1 is 1.50 bits per heavy atom. The van der Waals surface area contributed by atoms with E-state index in [0.717, 1.165) is 5.69 Å². The Hall–Kier alpha value is -2.29. The molecule has 22 heavy (non-hydrogen) atoms. The van der Waals surface area contributed by atoms with Crippen LogP contribution in [0.2, 0.25) is 0 Å². The van der Waals surface area contributed by atoms with Gasteiger partial charge in [-0.1, -0.05) is 6.07 Å². The molecule has 0 spiro atoms. The Kier molecular flexibility index (Phi) is 5.59. The van der Waals surface area contributed by atoms with Gasteiger partial charge in [0.15, 0.2) is 6.61 Å². The van der Waals surface area contributed by atoms with Gasteiger partial charge in [-0.2, -0.15) is 4.98 Å². The maximum atomic E-state index is 12.1. The summed E-state index contributed by atoms with van der Waals surface area (Å²) in [5.41, 5.74) is 2.47. The number of pyridine rings is 1. The van der Waals surface area contributed by atoms with Crippen LogP contribution in [0, 0.1) is 0 Å². The summed E-state index contributed by atoms with van der Waals surface area (Å²) in [7, 11) is 1.62. The summed E-state index contributed by atoms with van der Waals surface area (Å²) in [6, 6.07) is 4.16. The largest absolute Gasteiger partial charge is 0.472 e. The molecule has 0 radical (unpaired) electrons. The van der Waals surface area contributed by atoms with Crippen molar-refractivity contribution >= 4 is 23.2 Å². The van der Waals surface area contributed by atoms with E-state index in [2.05, 4.69) is 15.3 Å². The summed E-state index contributed by atoms with van der Waals surface area (Å²) in [6.07, 6.45) is -2.58. The fraction of sp³-hybridized carbons (Fsp3) is 0.308. The second-order valence-corrected chi connectivity index (χ2v) is 5.05. The van der Waals surface area contributed by atoms with E-state index in [1.165, 1.54) is 22.3 Å². The topological polar surface area (TPSA) is 67.4 Å². The highest BCUT2D eigenvalue weighted by molar-refractivity contribution is 7.07. The number of amides is 2. The van der Waals surface area contributed by atoms with Crippen molar-refractivity contribution in [3.8, 4) is 5.88 Å². The third kappa shape index (κ3) is 4.92. The van der Waals surface area contributed by atoms with Gasteiger partial charge in [-0.05, 0) is 6.07 Å². The molecular weight excluding hydrogens is 314 g/mol. The molecule has 0 fully saturated rings. The van der Waals surface area contributed by atoms with E-state index in [1.807, 2.05) is 5.38 Å². The number of anilines is 1. The van der Waals surface area contributed by atoms with E-state index in [9.17, 15) is 13.6 Å². The zero-order valence-corrected chi connectivity index (χ0v) is 12.5. The van der Waals surface area contributed by atoms with Crippen LogP contribution in [0.1, 0.15) is 5.69 Å². The number of hydrogen-bond acceptors (Lipinski definition) is 5. The normalized spacial score (nSPS) is 10.5. The minimum atomic E-state index is -2.58. The molecule has 0 aromatic carbocycles. The van der Waals surface area contributed by atoms with Crippen LogP contribution in [0.25, 0.3) is 0 Å². The SMILES string of the molecule is CN(Cc1cscn1)C(=O)Nc1cccc(OCC(F)F)n1. The van der Waals surface area contributed by atoms with Crippen molar-refractivity contribution in [1.82, 2.24) is 14.9 Å². The predicted octanol–water partition coefficient (Wildman–Crippen LogP) is 2.85. The van der Waals surface area contributed by atoms with E-state index in [4.69, 9.17) is 4.74 Å². The Balaban J connectivity index is 1.91. The number of urea groups is 1. The van der Waals surface area contributed by atoms with Crippen LogP contribution in [-0.4, -0.2) is 41.0 Å². The first-order valence-electron chi connectivity index (χ1n) is 6.32. The first kappa shape index (κ1) is 16.1. The number of carbonyl (C=O) groups is 1. The smallest absolute Gasteiger partial charge is 0.323 e. The zero-order valence-electron chi connectivity index (χ0n) is 11.7. The highest BCUT2D eigenvalue weighted by Crippen LogP contribution is 2.13. The molecule has 6 nitrogen and oxygen atoms in total. The number of alkyl halides is 2. The summed E-state index contributed by atoms with van der Waals surface area (Å²) in [5.74, 6) is 0.252. The molecule has 1 N–H and O–H groups in total. The van der Waals surface area contributed by atoms with Gasteiger partial charge in [0.05, 0.1) is 17.7 Å². The molecule has 118 valence electrons. The minimum Gasteiger partial charge on any atom is -0.472 e. The quantitative estimate of drug-likeness (QED) is 0.885. The number of halogens is 2. The Labute approximate surface area is 129 Å². The van der Waals surface area contributed by atoms with Crippen molar-refractivity contribution in [1.29, 1.82) is 0 Å². The molecule has 0 bridgehead atoms. The zero-order chi connectivity index (χ0) is 15.9. The number of aromatic nitrogens is 2. The van der Waals surface area contributed by atoms with Gasteiger partial charge < -0.3 is 9.64 Å². The van der Waals surface area contributed by atoms with E-state index < -0.39 is 13.0 Å². The number of nitrogens with one attached hydrogen (secondary N) is 1. The van der Waals surface area contributed by atoms with E-state index in [1.54, 1.807) is 24.7 Å². The van der Waals surface area contributed by atoms with Gasteiger partial charge in [-0.25, -0.2) is 18.6 Å². The molecular formula is C13H14F2N4O2S. The third-order valence-corrected chi connectivity index (χ3v) is 3.18. The summed E-state index contributed by atoms with van der Waals surface area (Å²) < 4.78 is 29.0. The van der Waals surface area contributed by atoms with Crippen molar-refractivity contribution < 1.29 is 18.3 Å². The van der Waals surface area contributed by atoms with Gasteiger partial charge >= 0.3 is 6.03 Å². The van der Waals surface area contributed by atoms with Gasteiger partial charge in [0.2, 0.25) is 5.88 Å². The maximum absolute atomic E-state index is 12.1. The van der Waals surface area contributed by atoms with Gasteiger partial charge in [0.1, 0.15) is 5.82 Å². The Morgan fingerprint density at radius 2 is 2.32 bits per heavy atom. The van der Waals surface area contributed by atoms with Crippen molar-refractivity contribution in [3.63, 3.8) is 0 Å². The van der Waals surface area contributed by atoms with Crippen LogP contribution >= 0.6 is 11.3 Å². The van der Waals surface area contributed by atoms with Crippen molar-refractivity contribution in [2.45, 2.75) is 13.0 Å². The van der Waals surface area contributed by atoms with E-state index >= 15 is 0 Å². The fourth-order valence-electron chi connectivity index (χ4n) is 1.55. The molecule has 0 saturated carbocycles. The fourth-order valence-corrected chi connectivity index (χ4v) is 2.10. The first-order valence-corrected chi connectivity index (χ1v) is 7.26. The van der Waals surface area contributed by atoms with Crippen LogP contribution in [-0.2, 0) is 6.54 Å². The lowest BCUT2D eigenvalue weighted by Gasteiger charge is -2.16. The molecule has 2 aromatic rings. The summed E-state index contributed by atoms with van der Waals surface area (Å²) in [5, 5.41) is 4.41. The average Bonchev–Trinajstić information content (AvgIpc) is 2.98. The van der Waals surface area contributed by atoms with Crippen molar-refractivity contribution in [2.24, 2.45) is 0 Å². The number of thiazole rings is 1. The van der Waals surface area contributed by atoms with Crippen molar-refractivity contribution in [3.05, 3.63) is 34.8 Å². The predicted molar refractivity (Wildman–Crippen MR) is 78.3 cm³/mol. The average molecular weight is 328 g/mol. The lowest BCUT2D eigenvalue weighted by molar-refractivity contribution is 0.0796. The van der Waals surface area contributed by atoms with Crippen LogP contribution in [0.5, 0.6) is 5.88 Å². The number of rotatable bonds is 6. The summed E-state index contributed by atoms with van der Waals surface area (Å²) in [4.78, 5) is 21.5. The molecule has 0 aliphatic heterocycles. The van der Waals surface area contributed by atoms with Crippen molar-refractivity contribution in [2.75, 3.05) is 19.0 Å². The highest BCUT2D eigenvalue weighted by atomic mass is 32.1. The summed E-state index contributed by atoms with van der Waals surface area (Å²) in [6.45, 7) is -0.384. The number of carbonyl (C=O) groups excluding carboxylic acids is 1. The van der Waals surface area contributed by atoms with Gasteiger partial charge in [-0.15, -0.1) is 11.3 Å². The van der Waals surface area contributed by atoms with Gasteiger partial charge in [0.25, 0.3) is 6.43 Å². The lowest BCUT2D eigenvalue weighted by atomic mass is 10.4. The Bertz CT molecular complexity index is 610. The number of ether oxygens (including phenoxy) is 1. The molecule has 0 atom stereocenters. The minimum absolute atomic E-state index is 0.0280. The number of nitrogens with zero attached hydrogens (tertiary/aromatic N) is 3. The van der Waals surface area contributed by atoms with E-state index in [0.29, 0.717) is 6.54 Å². The van der Waals surface area contributed by atoms with Crippen LogP contribution in [0.15, 0.2) is 29.1 Å². The maximum Gasteiger partial charge on any atom is 0.323 e. The molecule has 0 unspecified atom stereocenters. The Morgan fingerprint density at radius 3 is 3.00 bits per heavy atom. The van der Waals surface area contributed by atoms with E-state index in [-0.39, 0.29) is 17.7 Å². The van der Waals surface area contributed by atoms with Crippen LogP contribution in [0.3, 0.4) is 0 Å². The lowest BCUT2D eigenvalue weighted by Crippen LogP contribution is -2.31. The summed E-state index contributed by atoms with van der Waals surface area (Å²) >= 11 is 1.45. The molecule has 2 heterocycles. The second-order valence-electron chi connectivity index (χ2n) is 4.33. The third-order valence-electron chi connectivity index (χ3n) is 2.55. The van der Waals surface area contributed by atoms with Crippen LogP contribution < -0.4 is 10.1 Å². The van der Waals surface area contributed by atoms with Gasteiger partial charge in [-0.3, -0.25) is 5.32 Å². The molecule has 0 saturated heterocycles. The molecule has 0 aliphatic carbocycles. The number of hydrogen-bond donors (Lipinski definition) is 1. The molecule has 2 amide bonds. The molecule has 2 rings (SSSR count). The monoisotopic (exact) mass is 328 g/mol. The first-order chi connectivity index (χ1) is 10.5. The highest BCUT2D eigenvalue weighted by Gasteiger charge is 2.12. The van der Waals surface area contributed by atoms with Gasteiger partial charge in [0, 0.05) is 18.5 Å². The van der Waals surface area contributed by atoms with Crippen LogP contribution in [0.4, 0.5) is 19.4 Å². The molecule has 0 aliphatic rings. The molecule has 9 heteroatoms.